The molecular weight excluding hydrogens is 414 g/mol. The van der Waals surface area contributed by atoms with Gasteiger partial charge in [0, 0.05) is 57.2 Å². The second-order valence-electron chi connectivity index (χ2n) is 8.70. The molecule has 0 spiro atoms. The van der Waals surface area contributed by atoms with E-state index in [1.807, 2.05) is 49.4 Å². The number of rotatable bonds is 7. The number of hydrogen-bond acceptors (Lipinski definition) is 7. The Morgan fingerprint density at radius 3 is 2.64 bits per heavy atom. The molecule has 0 amide bonds. The Morgan fingerprint density at radius 1 is 1.06 bits per heavy atom. The van der Waals surface area contributed by atoms with E-state index in [2.05, 4.69) is 37.4 Å². The summed E-state index contributed by atoms with van der Waals surface area (Å²) in [7, 11) is 0. The number of aromatic nitrogens is 4. The van der Waals surface area contributed by atoms with Gasteiger partial charge in [-0.1, -0.05) is 36.4 Å². The molecule has 0 radical (unpaired) electrons. The third-order valence-corrected chi connectivity index (χ3v) is 6.10. The van der Waals surface area contributed by atoms with Crippen LogP contribution in [0.25, 0.3) is 12.2 Å². The first-order valence-electron chi connectivity index (χ1n) is 11.7. The zero-order valence-electron chi connectivity index (χ0n) is 19.1. The molecule has 2 aliphatic heterocycles. The fraction of sp³-hybridized carbons (Fsp3) is 0.400. The normalized spacial score (nSPS) is 19.4. The quantitative estimate of drug-likeness (QED) is 0.573. The minimum Gasteiger partial charge on any atom is -0.377 e. The molecule has 1 aromatic carbocycles. The molecule has 2 saturated heterocycles. The van der Waals surface area contributed by atoms with Gasteiger partial charge in [-0.05, 0) is 31.4 Å². The van der Waals surface area contributed by atoms with Gasteiger partial charge in [0.05, 0.1) is 6.10 Å². The van der Waals surface area contributed by atoms with Gasteiger partial charge < -0.3 is 15.0 Å². The third kappa shape index (κ3) is 5.77. The maximum Gasteiger partial charge on any atom is 0.156 e. The van der Waals surface area contributed by atoms with E-state index >= 15 is 0 Å². The number of nitrogens with zero attached hydrogens (tertiary/aromatic N) is 5. The lowest BCUT2D eigenvalue weighted by Gasteiger charge is -2.36. The summed E-state index contributed by atoms with van der Waals surface area (Å²) in [5, 5.41) is 10.6. The van der Waals surface area contributed by atoms with Crippen LogP contribution in [0.4, 0.5) is 17.5 Å². The van der Waals surface area contributed by atoms with Crippen LogP contribution in [0.3, 0.4) is 0 Å². The lowest BCUT2D eigenvalue weighted by Crippen LogP contribution is -2.48. The molecule has 0 aliphatic carbocycles. The van der Waals surface area contributed by atoms with Crippen molar-refractivity contribution in [3.63, 3.8) is 0 Å². The molecule has 2 aliphatic rings. The van der Waals surface area contributed by atoms with E-state index in [1.54, 1.807) is 0 Å². The number of hydrogen-bond donors (Lipinski definition) is 2. The van der Waals surface area contributed by atoms with E-state index in [-0.39, 0.29) is 0 Å². The van der Waals surface area contributed by atoms with Gasteiger partial charge in [-0.2, -0.15) is 5.10 Å². The summed E-state index contributed by atoms with van der Waals surface area (Å²) in [4.78, 5) is 14.4. The van der Waals surface area contributed by atoms with Crippen molar-refractivity contribution in [3.05, 3.63) is 59.5 Å². The maximum absolute atomic E-state index is 5.82. The lowest BCUT2D eigenvalue weighted by atomic mass is 10.2. The van der Waals surface area contributed by atoms with Crippen LogP contribution in [0.2, 0.25) is 0 Å². The number of benzene rings is 1. The van der Waals surface area contributed by atoms with Gasteiger partial charge in [-0.15, -0.1) is 0 Å². The lowest BCUT2D eigenvalue weighted by molar-refractivity contribution is 0.0712. The molecule has 8 heteroatoms. The summed E-state index contributed by atoms with van der Waals surface area (Å²) < 4.78 is 5.82. The van der Waals surface area contributed by atoms with E-state index in [0.717, 1.165) is 68.0 Å². The molecular formula is C25H31N7O. The first-order valence-corrected chi connectivity index (χ1v) is 11.7. The zero-order valence-corrected chi connectivity index (χ0v) is 19.1. The zero-order chi connectivity index (χ0) is 22.5. The fourth-order valence-corrected chi connectivity index (χ4v) is 4.34. The van der Waals surface area contributed by atoms with E-state index in [0.29, 0.717) is 11.9 Å². The molecule has 8 nitrogen and oxygen atoms in total. The molecule has 1 unspecified atom stereocenters. The Bertz CT molecular complexity index is 1070. The average Bonchev–Trinajstić information content (AvgIpc) is 3.50. The first-order chi connectivity index (χ1) is 16.2. The summed E-state index contributed by atoms with van der Waals surface area (Å²) in [6.45, 7) is 7.83. The molecule has 0 bridgehead atoms. The third-order valence-electron chi connectivity index (χ3n) is 6.10. The Kier molecular flexibility index (Phi) is 6.64. The van der Waals surface area contributed by atoms with Crippen LogP contribution in [0.15, 0.2) is 42.5 Å². The van der Waals surface area contributed by atoms with Crippen molar-refractivity contribution in [2.75, 3.05) is 49.5 Å². The first kappa shape index (κ1) is 21.6. The van der Waals surface area contributed by atoms with Crippen molar-refractivity contribution in [2.24, 2.45) is 0 Å². The highest BCUT2D eigenvalue weighted by atomic mass is 16.5. The molecule has 3 aromatic rings. The number of H-pyrrole nitrogens is 1. The molecule has 5 rings (SSSR count). The van der Waals surface area contributed by atoms with E-state index in [4.69, 9.17) is 14.7 Å². The second kappa shape index (κ2) is 10.1. The Labute approximate surface area is 194 Å². The van der Waals surface area contributed by atoms with Crippen molar-refractivity contribution in [3.8, 4) is 0 Å². The molecule has 2 aromatic heterocycles. The highest BCUT2D eigenvalue weighted by Gasteiger charge is 2.24. The van der Waals surface area contributed by atoms with Crippen molar-refractivity contribution in [1.29, 1.82) is 0 Å². The number of piperazine rings is 1. The van der Waals surface area contributed by atoms with Gasteiger partial charge in [0.1, 0.15) is 11.6 Å². The average molecular weight is 446 g/mol. The topological polar surface area (TPSA) is 82.2 Å². The van der Waals surface area contributed by atoms with Crippen LogP contribution in [0, 0.1) is 6.92 Å². The van der Waals surface area contributed by atoms with Crippen molar-refractivity contribution in [2.45, 2.75) is 25.9 Å². The highest BCUT2D eigenvalue weighted by molar-refractivity contribution is 5.69. The molecule has 172 valence electrons. The largest absolute Gasteiger partial charge is 0.377 e. The predicted molar refractivity (Wildman–Crippen MR) is 132 cm³/mol. The molecule has 2 N–H and O–H groups in total. The Morgan fingerprint density at radius 2 is 1.91 bits per heavy atom. The predicted octanol–water partition coefficient (Wildman–Crippen LogP) is 3.72. The minimum atomic E-state index is 0.401. The molecule has 0 saturated carbocycles. The van der Waals surface area contributed by atoms with Crippen LogP contribution in [0.1, 0.15) is 29.9 Å². The molecule has 1 atom stereocenters. The minimum absolute atomic E-state index is 0.401. The van der Waals surface area contributed by atoms with Crippen LogP contribution in [0.5, 0.6) is 0 Å². The fourth-order valence-electron chi connectivity index (χ4n) is 4.34. The number of anilines is 3. The van der Waals surface area contributed by atoms with Gasteiger partial charge >= 0.3 is 0 Å². The summed E-state index contributed by atoms with van der Waals surface area (Å²) in [5.41, 5.74) is 2.12. The standard InChI is InChI=1S/C25H31N7O/c1-19-16-24(30-29-19)27-23-17-25(28-22(26-23)10-9-20-6-3-2-4-7-20)32-13-11-31(12-14-32)18-21-8-5-15-33-21/h2-4,6-7,9-10,16-17,21H,5,8,11-15,18H2,1H3,(H2,26,27,28,29,30). The summed E-state index contributed by atoms with van der Waals surface area (Å²) in [6, 6.07) is 14.2. The van der Waals surface area contributed by atoms with Crippen LogP contribution in [-0.4, -0.2) is 70.5 Å². The SMILES string of the molecule is Cc1cc(Nc2cc(N3CCN(CC4CCCO4)CC3)nc(C=Cc3ccccc3)n2)n[nH]1. The summed E-state index contributed by atoms with van der Waals surface area (Å²) >= 11 is 0. The van der Waals surface area contributed by atoms with Crippen LogP contribution < -0.4 is 10.2 Å². The smallest absolute Gasteiger partial charge is 0.156 e. The van der Waals surface area contributed by atoms with E-state index in [1.165, 1.54) is 12.8 Å². The molecule has 2 fully saturated rings. The van der Waals surface area contributed by atoms with Crippen molar-refractivity contribution < 1.29 is 4.74 Å². The highest BCUT2D eigenvalue weighted by Crippen LogP contribution is 2.22. The number of nitrogens with one attached hydrogen (secondary N) is 2. The number of aryl methyl sites for hydroxylation is 1. The van der Waals surface area contributed by atoms with Gasteiger partial charge in [0.2, 0.25) is 0 Å². The Hall–Kier alpha value is -3.23. The van der Waals surface area contributed by atoms with Gasteiger partial charge in [-0.3, -0.25) is 10.00 Å². The summed E-state index contributed by atoms with van der Waals surface area (Å²) in [6.07, 6.45) is 6.79. The van der Waals surface area contributed by atoms with E-state index < -0.39 is 0 Å². The van der Waals surface area contributed by atoms with Gasteiger partial charge in [0.15, 0.2) is 11.6 Å². The number of aromatic amines is 1. The van der Waals surface area contributed by atoms with Crippen LogP contribution >= 0.6 is 0 Å². The monoisotopic (exact) mass is 445 g/mol. The molecule has 33 heavy (non-hydrogen) atoms. The van der Waals surface area contributed by atoms with Gasteiger partial charge in [0.25, 0.3) is 0 Å². The number of ether oxygens (including phenoxy) is 1. The van der Waals surface area contributed by atoms with Gasteiger partial charge in [-0.25, -0.2) is 9.97 Å². The summed E-state index contributed by atoms with van der Waals surface area (Å²) in [5.74, 6) is 3.09. The Balaban J connectivity index is 1.32. The van der Waals surface area contributed by atoms with Crippen molar-refractivity contribution in [1.82, 2.24) is 25.1 Å². The molecule has 4 heterocycles. The van der Waals surface area contributed by atoms with Crippen molar-refractivity contribution >= 4 is 29.6 Å². The second-order valence-corrected chi connectivity index (χ2v) is 8.70. The van der Waals surface area contributed by atoms with E-state index in [9.17, 15) is 0 Å². The van der Waals surface area contributed by atoms with Crippen LogP contribution in [-0.2, 0) is 4.74 Å². The maximum atomic E-state index is 5.82.